The van der Waals surface area contributed by atoms with Crippen LogP contribution >= 0.6 is 22.9 Å². The Hall–Kier alpha value is -2.12. The molecule has 1 aromatic carbocycles. The van der Waals surface area contributed by atoms with Gasteiger partial charge in [0, 0.05) is 29.3 Å². The van der Waals surface area contributed by atoms with Crippen molar-refractivity contribution in [2.75, 3.05) is 18.5 Å². The number of thiazole rings is 1. The number of aryl methyl sites for hydroxylation is 2. The summed E-state index contributed by atoms with van der Waals surface area (Å²) in [7, 11) is 0. The number of fused-ring (bicyclic) bond motifs is 1. The van der Waals surface area contributed by atoms with E-state index in [-0.39, 0.29) is 18.4 Å². The summed E-state index contributed by atoms with van der Waals surface area (Å²) in [6, 6.07) is 3.63. The molecule has 0 atom stereocenters. The summed E-state index contributed by atoms with van der Waals surface area (Å²) in [6.45, 7) is 9.02. The molecule has 0 aliphatic carbocycles. The molecule has 2 amide bonds. The molecule has 1 aromatic heterocycles. The number of halogens is 1. The number of carbonyl (C=O) groups excluding carboxylic acids is 2. The van der Waals surface area contributed by atoms with Crippen LogP contribution in [-0.2, 0) is 22.6 Å². The highest BCUT2D eigenvalue weighted by atomic mass is 35.5. The summed E-state index contributed by atoms with van der Waals surface area (Å²) >= 11 is 7.58. The molecule has 1 aliphatic rings. The van der Waals surface area contributed by atoms with Crippen LogP contribution < -0.4 is 10.1 Å². The number of rotatable bonds is 6. The van der Waals surface area contributed by atoms with Crippen LogP contribution in [0.2, 0.25) is 5.02 Å². The lowest BCUT2D eigenvalue weighted by atomic mass is 10.1. The van der Waals surface area contributed by atoms with Crippen LogP contribution in [0.25, 0.3) is 0 Å². The number of anilines is 1. The van der Waals surface area contributed by atoms with Gasteiger partial charge in [0.1, 0.15) is 5.75 Å². The molecule has 8 heteroatoms. The molecule has 1 N–H and O–H groups in total. The second-order valence-electron chi connectivity index (χ2n) is 7.76. The van der Waals surface area contributed by atoms with E-state index >= 15 is 0 Å². The van der Waals surface area contributed by atoms with Crippen molar-refractivity contribution in [1.82, 2.24) is 9.88 Å². The average molecular weight is 436 g/mol. The summed E-state index contributed by atoms with van der Waals surface area (Å²) in [5.74, 6) is 0.853. The van der Waals surface area contributed by atoms with E-state index in [0.717, 1.165) is 21.7 Å². The van der Waals surface area contributed by atoms with Gasteiger partial charge in [-0.15, -0.1) is 0 Å². The van der Waals surface area contributed by atoms with Crippen LogP contribution in [0, 0.1) is 19.8 Å². The summed E-state index contributed by atoms with van der Waals surface area (Å²) in [6.07, 6.45) is 1.27. The molecule has 29 heavy (non-hydrogen) atoms. The van der Waals surface area contributed by atoms with E-state index in [1.54, 1.807) is 0 Å². The third kappa shape index (κ3) is 5.48. The van der Waals surface area contributed by atoms with Crippen molar-refractivity contribution >= 4 is 39.9 Å². The Balaban J connectivity index is 1.56. The summed E-state index contributed by atoms with van der Waals surface area (Å²) in [5.41, 5.74) is 2.78. The molecule has 1 aliphatic heterocycles. The fourth-order valence-electron chi connectivity index (χ4n) is 3.23. The first-order valence-corrected chi connectivity index (χ1v) is 10.9. The minimum Gasteiger partial charge on any atom is -0.484 e. The zero-order chi connectivity index (χ0) is 21.1. The van der Waals surface area contributed by atoms with Gasteiger partial charge in [0.25, 0.3) is 5.91 Å². The topological polar surface area (TPSA) is 71.5 Å². The molecule has 2 heterocycles. The Morgan fingerprint density at radius 3 is 2.66 bits per heavy atom. The number of amides is 2. The molecule has 0 fully saturated rings. The van der Waals surface area contributed by atoms with Gasteiger partial charge in [-0.25, -0.2) is 4.98 Å². The molecule has 6 nitrogen and oxygen atoms in total. The minimum atomic E-state index is -0.269. The molecule has 156 valence electrons. The average Bonchev–Trinajstić information content (AvgIpc) is 3.05. The molecule has 0 bridgehead atoms. The molecule has 0 radical (unpaired) electrons. The van der Waals surface area contributed by atoms with Crippen LogP contribution in [0.1, 0.15) is 42.0 Å². The Bertz CT molecular complexity index is 903. The lowest BCUT2D eigenvalue weighted by Crippen LogP contribution is -2.36. The van der Waals surface area contributed by atoms with E-state index in [0.29, 0.717) is 47.8 Å². The van der Waals surface area contributed by atoms with Gasteiger partial charge in [0.15, 0.2) is 11.7 Å². The highest BCUT2D eigenvalue weighted by Crippen LogP contribution is 2.29. The van der Waals surface area contributed by atoms with Crippen LogP contribution in [0.15, 0.2) is 12.1 Å². The predicted molar refractivity (Wildman–Crippen MR) is 116 cm³/mol. The van der Waals surface area contributed by atoms with Crippen LogP contribution in [0.4, 0.5) is 5.13 Å². The second-order valence-corrected chi connectivity index (χ2v) is 9.22. The number of hydrogen-bond donors (Lipinski definition) is 1. The van der Waals surface area contributed by atoms with Crippen LogP contribution in [0.3, 0.4) is 0 Å². The predicted octanol–water partition coefficient (Wildman–Crippen LogP) is 4.36. The lowest BCUT2D eigenvalue weighted by molar-refractivity contribution is -0.132. The number of aromatic nitrogens is 1. The highest BCUT2D eigenvalue weighted by Gasteiger charge is 2.24. The van der Waals surface area contributed by atoms with Crippen molar-refractivity contribution in [2.45, 2.75) is 47.1 Å². The number of benzene rings is 1. The first kappa shape index (κ1) is 21.6. The van der Waals surface area contributed by atoms with E-state index in [1.807, 2.05) is 44.7 Å². The van der Waals surface area contributed by atoms with Crippen molar-refractivity contribution in [3.63, 3.8) is 0 Å². The van der Waals surface area contributed by atoms with Gasteiger partial charge in [-0.05, 0) is 43.0 Å². The van der Waals surface area contributed by atoms with Crippen molar-refractivity contribution in [3.05, 3.63) is 38.9 Å². The molecular formula is C21H26ClN3O3S. The molecule has 0 unspecified atom stereocenters. The monoisotopic (exact) mass is 435 g/mol. The first-order chi connectivity index (χ1) is 13.7. The number of carbonyl (C=O) groups is 2. The molecule has 2 aromatic rings. The van der Waals surface area contributed by atoms with Crippen molar-refractivity contribution in [3.8, 4) is 5.75 Å². The molecule has 0 saturated carbocycles. The Labute approximate surface area is 180 Å². The Kier molecular flexibility index (Phi) is 6.80. The Morgan fingerprint density at radius 2 is 2.00 bits per heavy atom. The molecular weight excluding hydrogens is 410 g/mol. The van der Waals surface area contributed by atoms with Gasteiger partial charge in [-0.1, -0.05) is 36.8 Å². The fourth-order valence-corrected chi connectivity index (χ4v) is 4.38. The zero-order valence-electron chi connectivity index (χ0n) is 17.2. The number of hydrogen-bond acceptors (Lipinski definition) is 5. The van der Waals surface area contributed by atoms with Gasteiger partial charge in [0.2, 0.25) is 5.91 Å². The number of nitrogens with one attached hydrogen (secondary N) is 1. The lowest BCUT2D eigenvalue weighted by Gasteiger charge is -2.26. The number of nitrogens with zero attached hydrogens (tertiary/aromatic N) is 2. The molecule has 0 spiro atoms. The van der Waals surface area contributed by atoms with Crippen molar-refractivity contribution < 1.29 is 14.3 Å². The zero-order valence-corrected chi connectivity index (χ0v) is 18.7. The molecule has 3 rings (SSSR count). The quantitative estimate of drug-likeness (QED) is 0.731. The summed E-state index contributed by atoms with van der Waals surface area (Å²) in [4.78, 5) is 32.0. The largest absolute Gasteiger partial charge is 0.484 e. The van der Waals surface area contributed by atoms with Gasteiger partial charge in [-0.3, -0.25) is 14.9 Å². The number of ether oxygens (including phenoxy) is 1. The SMILES string of the molecule is Cc1cc(OCC(=O)Nc2nc3c(s2)CN(C(=O)CC(C)C)CC3)cc(C)c1Cl. The first-order valence-electron chi connectivity index (χ1n) is 9.68. The van der Waals surface area contributed by atoms with E-state index < -0.39 is 0 Å². The van der Waals surface area contributed by atoms with E-state index in [1.165, 1.54) is 11.3 Å². The van der Waals surface area contributed by atoms with Crippen molar-refractivity contribution in [1.29, 1.82) is 0 Å². The highest BCUT2D eigenvalue weighted by molar-refractivity contribution is 7.15. The van der Waals surface area contributed by atoms with Crippen molar-refractivity contribution in [2.24, 2.45) is 5.92 Å². The Morgan fingerprint density at radius 1 is 1.31 bits per heavy atom. The van der Waals surface area contributed by atoms with E-state index in [2.05, 4.69) is 10.3 Å². The van der Waals surface area contributed by atoms with Gasteiger partial charge >= 0.3 is 0 Å². The maximum Gasteiger partial charge on any atom is 0.264 e. The van der Waals surface area contributed by atoms with Crippen LogP contribution in [0.5, 0.6) is 5.75 Å². The van der Waals surface area contributed by atoms with Gasteiger partial charge < -0.3 is 9.64 Å². The maximum atomic E-state index is 12.3. The van der Waals surface area contributed by atoms with Gasteiger partial charge in [-0.2, -0.15) is 0 Å². The normalized spacial score (nSPS) is 13.4. The smallest absolute Gasteiger partial charge is 0.264 e. The van der Waals surface area contributed by atoms with E-state index in [9.17, 15) is 9.59 Å². The standard InChI is InChI=1S/C21H26ClN3O3S/c1-12(2)7-19(27)25-6-5-16-17(10-25)29-21(23-16)24-18(26)11-28-15-8-13(3)20(22)14(4)9-15/h8-9,12H,5-7,10-11H2,1-4H3,(H,23,24,26). The van der Waals surface area contributed by atoms with Gasteiger partial charge in [0.05, 0.1) is 12.2 Å². The third-order valence-corrected chi connectivity index (χ3v) is 6.29. The fraction of sp³-hybridized carbons (Fsp3) is 0.476. The molecule has 0 saturated heterocycles. The second kappa shape index (κ2) is 9.13. The third-order valence-electron chi connectivity index (χ3n) is 4.69. The summed E-state index contributed by atoms with van der Waals surface area (Å²) in [5, 5.41) is 4.05. The minimum absolute atomic E-state index is 0.107. The maximum absolute atomic E-state index is 12.3. The van der Waals surface area contributed by atoms with Crippen LogP contribution in [-0.4, -0.2) is 34.8 Å². The summed E-state index contributed by atoms with van der Waals surface area (Å²) < 4.78 is 5.60. The van der Waals surface area contributed by atoms with E-state index in [4.69, 9.17) is 16.3 Å².